The molecule has 0 fully saturated rings. The van der Waals surface area contributed by atoms with Gasteiger partial charge >= 0.3 is 0 Å². The summed E-state index contributed by atoms with van der Waals surface area (Å²) in [5.41, 5.74) is 0. The van der Waals surface area contributed by atoms with Gasteiger partial charge in [-0.05, 0) is 38.8 Å². The summed E-state index contributed by atoms with van der Waals surface area (Å²) in [6, 6.07) is 0. The largest absolute Gasteiger partial charge is 0.506 e. The Labute approximate surface area is 74.0 Å². The maximum atomic E-state index is 9.16. The highest BCUT2D eigenvalue weighted by Gasteiger charge is 2.08. The molecule has 1 aromatic heterocycles. The molecule has 0 amide bonds. The molecule has 0 aromatic carbocycles. The van der Waals surface area contributed by atoms with Gasteiger partial charge in [0.15, 0.2) is 0 Å². The third kappa shape index (κ3) is 1.30. The number of hydrogen-bond donors (Lipinski definition) is 1. The van der Waals surface area contributed by atoms with Crippen molar-refractivity contribution in [3.05, 3.63) is 13.1 Å². The number of hydrogen-bond acceptors (Lipinski definition) is 2. The van der Waals surface area contributed by atoms with Crippen LogP contribution in [0.2, 0.25) is 0 Å². The molecule has 9 heavy (non-hydrogen) atoms. The molecule has 0 aliphatic carbocycles. The zero-order valence-corrected chi connectivity index (χ0v) is 8.60. The predicted octanol–water partition coefficient (Wildman–Crippen LogP) is 3.29. The van der Waals surface area contributed by atoms with Crippen LogP contribution < -0.4 is 0 Å². The third-order valence-electron chi connectivity index (χ3n) is 0.957. The SMILES string of the molecule is Cc1sc(Br)c(Br)c1O. The molecule has 1 nitrogen and oxygen atoms in total. The van der Waals surface area contributed by atoms with Crippen LogP contribution in [-0.4, -0.2) is 5.11 Å². The Morgan fingerprint density at radius 1 is 1.44 bits per heavy atom. The van der Waals surface area contributed by atoms with E-state index >= 15 is 0 Å². The van der Waals surface area contributed by atoms with Crippen molar-refractivity contribution >= 4 is 43.2 Å². The van der Waals surface area contributed by atoms with Crippen molar-refractivity contribution in [2.24, 2.45) is 0 Å². The first kappa shape index (κ1) is 7.57. The Balaban J connectivity index is 3.29. The van der Waals surface area contributed by atoms with Crippen molar-refractivity contribution < 1.29 is 5.11 Å². The van der Waals surface area contributed by atoms with Gasteiger partial charge in [-0.3, -0.25) is 0 Å². The summed E-state index contributed by atoms with van der Waals surface area (Å²) < 4.78 is 1.70. The van der Waals surface area contributed by atoms with Gasteiger partial charge in [0.2, 0.25) is 0 Å². The summed E-state index contributed by atoms with van der Waals surface area (Å²) in [5.74, 6) is 0.340. The van der Waals surface area contributed by atoms with Crippen LogP contribution in [0, 0.1) is 6.92 Å². The van der Waals surface area contributed by atoms with E-state index in [1.54, 1.807) is 0 Å². The van der Waals surface area contributed by atoms with E-state index in [2.05, 4.69) is 31.9 Å². The van der Waals surface area contributed by atoms with Crippen molar-refractivity contribution in [3.8, 4) is 5.75 Å². The molecule has 0 saturated carbocycles. The molecule has 0 bridgehead atoms. The lowest BCUT2D eigenvalue weighted by molar-refractivity contribution is 0.471. The van der Waals surface area contributed by atoms with E-state index in [0.717, 1.165) is 13.1 Å². The molecule has 0 saturated heterocycles. The average molecular weight is 272 g/mol. The Kier molecular flexibility index (Phi) is 2.18. The van der Waals surface area contributed by atoms with Gasteiger partial charge in [-0.2, -0.15) is 0 Å². The molecule has 1 heterocycles. The molecular formula is C5H4Br2OS. The normalized spacial score (nSPS) is 10.1. The van der Waals surface area contributed by atoms with Gasteiger partial charge in [0, 0.05) is 4.88 Å². The van der Waals surface area contributed by atoms with E-state index in [0.29, 0.717) is 5.75 Å². The Morgan fingerprint density at radius 2 is 2.00 bits per heavy atom. The average Bonchev–Trinajstić information content (AvgIpc) is 1.98. The van der Waals surface area contributed by atoms with Gasteiger partial charge in [0.1, 0.15) is 5.75 Å². The van der Waals surface area contributed by atoms with Crippen molar-refractivity contribution in [2.45, 2.75) is 6.92 Å². The number of aromatic hydroxyl groups is 1. The third-order valence-corrected chi connectivity index (χ3v) is 4.29. The van der Waals surface area contributed by atoms with Gasteiger partial charge in [0.25, 0.3) is 0 Å². The highest BCUT2D eigenvalue weighted by atomic mass is 79.9. The summed E-state index contributed by atoms with van der Waals surface area (Å²) in [7, 11) is 0. The molecule has 4 heteroatoms. The van der Waals surface area contributed by atoms with Gasteiger partial charge in [0.05, 0.1) is 8.26 Å². The fourth-order valence-corrected chi connectivity index (χ4v) is 2.72. The molecule has 1 rings (SSSR count). The maximum Gasteiger partial charge on any atom is 0.144 e. The first-order chi connectivity index (χ1) is 4.13. The van der Waals surface area contributed by atoms with Gasteiger partial charge in [-0.15, -0.1) is 11.3 Å². The second kappa shape index (κ2) is 2.60. The molecule has 0 atom stereocenters. The van der Waals surface area contributed by atoms with Crippen LogP contribution in [0.5, 0.6) is 5.75 Å². The molecule has 0 aliphatic heterocycles. The standard InChI is InChI=1S/C5H4Br2OS/c1-2-4(8)3(6)5(7)9-2/h8H,1H3. The van der Waals surface area contributed by atoms with Gasteiger partial charge in [-0.25, -0.2) is 0 Å². The fourth-order valence-electron chi connectivity index (χ4n) is 0.475. The zero-order valence-electron chi connectivity index (χ0n) is 4.61. The minimum atomic E-state index is 0.340. The molecule has 1 N–H and O–H groups in total. The summed E-state index contributed by atoms with van der Waals surface area (Å²) in [6.45, 7) is 1.87. The molecule has 0 aliphatic rings. The van der Waals surface area contributed by atoms with Gasteiger partial charge in [-0.1, -0.05) is 0 Å². The molecule has 0 unspecified atom stereocenters. The van der Waals surface area contributed by atoms with E-state index in [-0.39, 0.29) is 0 Å². The van der Waals surface area contributed by atoms with Crippen molar-refractivity contribution in [1.29, 1.82) is 0 Å². The number of rotatable bonds is 0. The first-order valence-electron chi connectivity index (χ1n) is 2.26. The second-order valence-electron chi connectivity index (χ2n) is 1.59. The van der Waals surface area contributed by atoms with E-state index in [9.17, 15) is 0 Å². The number of thiophene rings is 1. The second-order valence-corrected chi connectivity index (χ2v) is 4.93. The Morgan fingerprint density at radius 3 is 2.11 bits per heavy atom. The summed E-state index contributed by atoms with van der Waals surface area (Å²) in [4.78, 5) is 0.925. The quantitative estimate of drug-likeness (QED) is 0.768. The lowest BCUT2D eigenvalue weighted by Gasteiger charge is -1.85. The van der Waals surface area contributed by atoms with E-state index in [1.807, 2.05) is 6.92 Å². The maximum absolute atomic E-state index is 9.16. The van der Waals surface area contributed by atoms with Crippen LogP contribution in [0.1, 0.15) is 4.88 Å². The molecule has 0 radical (unpaired) electrons. The van der Waals surface area contributed by atoms with Crippen molar-refractivity contribution in [2.75, 3.05) is 0 Å². The molecule has 50 valence electrons. The number of halogens is 2. The fraction of sp³-hybridized carbons (Fsp3) is 0.200. The van der Waals surface area contributed by atoms with Crippen molar-refractivity contribution in [1.82, 2.24) is 0 Å². The zero-order chi connectivity index (χ0) is 7.02. The first-order valence-corrected chi connectivity index (χ1v) is 4.66. The lowest BCUT2D eigenvalue weighted by Crippen LogP contribution is -1.59. The predicted molar refractivity (Wildman–Crippen MR) is 46.1 cm³/mol. The van der Waals surface area contributed by atoms with Crippen LogP contribution in [0.3, 0.4) is 0 Å². The topological polar surface area (TPSA) is 20.2 Å². The summed E-state index contributed by atoms with van der Waals surface area (Å²) in [5, 5.41) is 9.16. The minimum Gasteiger partial charge on any atom is -0.506 e. The van der Waals surface area contributed by atoms with Crippen LogP contribution in [-0.2, 0) is 0 Å². The van der Waals surface area contributed by atoms with Gasteiger partial charge < -0.3 is 5.11 Å². The Hall–Kier alpha value is 0.460. The highest BCUT2D eigenvalue weighted by molar-refractivity contribution is 9.13. The minimum absolute atomic E-state index is 0.340. The monoisotopic (exact) mass is 270 g/mol. The molecule has 1 aromatic rings. The van der Waals surface area contributed by atoms with Crippen LogP contribution in [0.15, 0.2) is 8.26 Å². The van der Waals surface area contributed by atoms with E-state index in [4.69, 9.17) is 5.11 Å². The molecule has 0 spiro atoms. The Bertz CT molecular complexity index is 209. The van der Waals surface area contributed by atoms with Crippen LogP contribution in [0.4, 0.5) is 0 Å². The lowest BCUT2D eigenvalue weighted by atomic mass is 10.5. The highest BCUT2D eigenvalue weighted by Crippen LogP contribution is 2.41. The van der Waals surface area contributed by atoms with Crippen LogP contribution >= 0.6 is 43.2 Å². The van der Waals surface area contributed by atoms with E-state index < -0.39 is 0 Å². The van der Waals surface area contributed by atoms with Crippen molar-refractivity contribution in [3.63, 3.8) is 0 Å². The number of aryl methyl sites for hydroxylation is 1. The molecular weight excluding hydrogens is 268 g/mol. The smallest absolute Gasteiger partial charge is 0.144 e. The summed E-state index contributed by atoms with van der Waals surface area (Å²) >= 11 is 8.01. The summed E-state index contributed by atoms with van der Waals surface area (Å²) in [6.07, 6.45) is 0. The van der Waals surface area contributed by atoms with E-state index in [1.165, 1.54) is 11.3 Å². The van der Waals surface area contributed by atoms with Crippen LogP contribution in [0.25, 0.3) is 0 Å².